The van der Waals surface area contributed by atoms with E-state index in [4.69, 9.17) is 0 Å². The highest BCUT2D eigenvalue weighted by molar-refractivity contribution is 5.76. The van der Waals surface area contributed by atoms with E-state index < -0.39 is 11.7 Å². The number of nitrogens with one attached hydrogen (secondary N) is 3. The number of hydrazine groups is 1. The van der Waals surface area contributed by atoms with Gasteiger partial charge in [-0.2, -0.15) is 13.2 Å². The maximum absolute atomic E-state index is 12.5. The summed E-state index contributed by atoms with van der Waals surface area (Å²) in [6, 6.07) is 5.35. The summed E-state index contributed by atoms with van der Waals surface area (Å²) in [6.45, 7) is 1.15. The minimum absolute atomic E-state index is 0.0348. The number of benzene rings is 1. The summed E-state index contributed by atoms with van der Waals surface area (Å²) < 4.78 is 37.6. The van der Waals surface area contributed by atoms with Crippen LogP contribution in [0, 0.1) is 11.8 Å². The van der Waals surface area contributed by atoms with Gasteiger partial charge < -0.3 is 5.32 Å². The van der Waals surface area contributed by atoms with Gasteiger partial charge in [-0.1, -0.05) is 18.6 Å². The summed E-state index contributed by atoms with van der Waals surface area (Å²) in [6.07, 6.45) is -0.542. The molecular weight excluding hydrogens is 319 g/mol. The second-order valence-corrected chi connectivity index (χ2v) is 6.66. The monoisotopic (exact) mass is 341 g/mol. The number of carbonyl (C=O) groups excluding carboxylic acids is 1. The number of fused-ring (bicyclic) bond motifs is 1. The van der Waals surface area contributed by atoms with Crippen molar-refractivity contribution in [3.8, 4) is 0 Å². The van der Waals surface area contributed by atoms with Crippen molar-refractivity contribution in [1.82, 2.24) is 16.2 Å². The van der Waals surface area contributed by atoms with Crippen LogP contribution in [0.25, 0.3) is 0 Å². The van der Waals surface area contributed by atoms with Crippen LogP contribution in [-0.2, 0) is 17.5 Å². The average Bonchev–Trinajstić information content (AvgIpc) is 3.02. The minimum atomic E-state index is -4.33. The highest BCUT2D eigenvalue weighted by Gasteiger charge is 2.37. The molecule has 1 aromatic carbocycles. The van der Waals surface area contributed by atoms with Gasteiger partial charge in [-0.15, -0.1) is 0 Å². The second kappa shape index (κ2) is 7.11. The zero-order chi connectivity index (χ0) is 17.2. The lowest BCUT2D eigenvalue weighted by molar-refractivity contribution is -0.137. The zero-order valence-corrected chi connectivity index (χ0v) is 13.3. The molecule has 132 valence electrons. The van der Waals surface area contributed by atoms with E-state index in [0.717, 1.165) is 37.9 Å². The van der Waals surface area contributed by atoms with Gasteiger partial charge in [0.2, 0.25) is 5.91 Å². The normalized spacial score (nSPS) is 26.9. The van der Waals surface area contributed by atoms with Gasteiger partial charge in [0.05, 0.1) is 5.56 Å². The number of halogens is 3. The van der Waals surface area contributed by atoms with E-state index in [1.54, 1.807) is 0 Å². The third-order valence-corrected chi connectivity index (χ3v) is 5.06. The molecule has 2 aliphatic rings. The summed E-state index contributed by atoms with van der Waals surface area (Å²) in [7, 11) is 0. The Bertz CT molecular complexity index is 573. The molecule has 1 heterocycles. The quantitative estimate of drug-likeness (QED) is 0.789. The van der Waals surface area contributed by atoms with Crippen LogP contribution >= 0.6 is 0 Å². The fourth-order valence-corrected chi connectivity index (χ4v) is 3.73. The molecule has 0 radical (unpaired) electrons. The van der Waals surface area contributed by atoms with E-state index in [1.165, 1.54) is 12.1 Å². The molecule has 1 saturated heterocycles. The standard InChI is InChI=1S/C17H22F3N3O/c18-17(19,20)13-6-4-11(5-7-13)9-21-16(24)8-12-2-1-3-15-14(12)10-22-23-15/h4-7,12,14-15,22-23H,1-3,8-10H2,(H,21,24). The Hall–Kier alpha value is -1.60. The highest BCUT2D eigenvalue weighted by Crippen LogP contribution is 2.34. The summed E-state index contributed by atoms with van der Waals surface area (Å²) in [5, 5.41) is 2.82. The molecule has 0 aromatic heterocycles. The van der Waals surface area contributed by atoms with Gasteiger partial charge in [0, 0.05) is 25.6 Å². The lowest BCUT2D eigenvalue weighted by Gasteiger charge is -2.32. The maximum atomic E-state index is 12.5. The topological polar surface area (TPSA) is 53.2 Å². The molecule has 0 spiro atoms. The number of amides is 1. The number of hydrogen-bond acceptors (Lipinski definition) is 3. The summed E-state index contributed by atoms with van der Waals surface area (Å²) >= 11 is 0. The van der Waals surface area contributed by atoms with Crippen molar-refractivity contribution in [3.05, 3.63) is 35.4 Å². The predicted octanol–water partition coefficient (Wildman–Crippen LogP) is 2.60. The van der Waals surface area contributed by atoms with Crippen LogP contribution in [0.3, 0.4) is 0 Å². The Labute approximate surface area is 139 Å². The molecule has 24 heavy (non-hydrogen) atoms. The fourth-order valence-electron chi connectivity index (χ4n) is 3.73. The summed E-state index contributed by atoms with van der Waals surface area (Å²) in [4.78, 5) is 12.2. The first-order chi connectivity index (χ1) is 11.4. The van der Waals surface area contributed by atoms with Gasteiger partial charge in [0.25, 0.3) is 0 Å². The van der Waals surface area contributed by atoms with Gasteiger partial charge in [-0.3, -0.25) is 15.6 Å². The number of carbonyl (C=O) groups is 1. The molecule has 4 nitrogen and oxygen atoms in total. The Kier molecular flexibility index (Phi) is 5.10. The van der Waals surface area contributed by atoms with Gasteiger partial charge in [0.15, 0.2) is 0 Å². The third kappa shape index (κ3) is 4.08. The number of rotatable bonds is 4. The van der Waals surface area contributed by atoms with Crippen molar-refractivity contribution in [1.29, 1.82) is 0 Å². The second-order valence-electron chi connectivity index (χ2n) is 6.66. The minimum Gasteiger partial charge on any atom is -0.352 e. The van der Waals surface area contributed by atoms with Crippen molar-refractivity contribution in [3.63, 3.8) is 0 Å². The SMILES string of the molecule is O=C(CC1CCCC2NNCC12)NCc1ccc(C(F)(F)F)cc1. The fraction of sp³-hybridized carbons (Fsp3) is 0.588. The molecule has 1 aromatic rings. The lowest BCUT2D eigenvalue weighted by Crippen LogP contribution is -2.38. The van der Waals surface area contributed by atoms with E-state index in [-0.39, 0.29) is 12.5 Å². The van der Waals surface area contributed by atoms with Gasteiger partial charge in [-0.05, 0) is 42.4 Å². The summed E-state index contributed by atoms with van der Waals surface area (Å²) in [5.74, 6) is 0.807. The Morgan fingerprint density at radius 2 is 1.96 bits per heavy atom. The molecule has 3 atom stereocenters. The third-order valence-electron chi connectivity index (χ3n) is 5.06. The zero-order valence-electron chi connectivity index (χ0n) is 13.3. The first kappa shape index (κ1) is 17.2. The Morgan fingerprint density at radius 3 is 2.67 bits per heavy atom. The average molecular weight is 341 g/mol. The van der Waals surface area contributed by atoms with E-state index in [2.05, 4.69) is 16.2 Å². The molecule has 1 aliphatic carbocycles. The van der Waals surface area contributed by atoms with Crippen molar-refractivity contribution in [2.45, 2.75) is 44.4 Å². The highest BCUT2D eigenvalue weighted by atomic mass is 19.4. The molecule has 1 aliphatic heterocycles. The molecule has 2 fully saturated rings. The van der Waals surface area contributed by atoms with Crippen molar-refractivity contribution in [2.24, 2.45) is 11.8 Å². The van der Waals surface area contributed by atoms with Crippen molar-refractivity contribution >= 4 is 5.91 Å². The number of alkyl halides is 3. The van der Waals surface area contributed by atoms with Crippen molar-refractivity contribution in [2.75, 3.05) is 6.54 Å². The van der Waals surface area contributed by atoms with Crippen LogP contribution in [0.1, 0.15) is 36.8 Å². The smallest absolute Gasteiger partial charge is 0.352 e. The molecule has 3 unspecified atom stereocenters. The van der Waals surface area contributed by atoms with Crippen LogP contribution in [0.2, 0.25) is 0 Å². The lowest BCUT2D eigenvalue weighted by atomic mass is 9.75. The first-order valence-electron chi connectivity index (χ1n) is 8.34. The number of hydrogen-bond donors (Lipinski definition) is 3. The molecule has 3 N–H and O–H groups in total. The molecular formula is C17H22F3N3O. The van der Waals surface area contributed by atoms with Crippen molar-refractivity contribution < 1.29 is 18.0 Å². The van der Waals surface area contributed by atoms with Gasteiger partial charge >= 0.3 is 6.18 Å². The predicted molar refractivity (Wildman–Crippen MR) is 83.7 cm³/mol. The molecule has 3 rings (SSSR count). The molecule has 1 saturated carbocycles. The van der Waals surface area contributed by atoms with E-state index in [9.17, 15) is 18.0 Å². The molecule has 1 amide bonds. The summed E-state index contributed by atoms with van der Waals surface area (Å²) in [5.41, 5.74) is 6.43. The van der Waals surface area contributed by atoms with Crippen LogP contribution in [0.5, 0.6) is 0 Å². The van der Waals surface area contributed by atoms with Crippen LogP contribution in [0.15, 0.2) is 24.3 Å². The van der Waals surface area contributed by atoms with E-state index in [0.29, 0.717) is 29.9 Å². The Balaban J connectivity index is 1.49. The van der Waals surface area contributed by atoms with Gasteiger partial charge in [0.1, 0.15) is 0 Å². The van der Waals surface area contributed by atoms with Gasteiger partial charge in [-0.25, -0.2) is 0 Å². The molecule has 0 bridgehead atoms. The van der Waals surface area contributed by atoms with Crippen LogP contribution < -0.4 is 16.2 Å². The first-order valence-corrected chi connectivity index (χ1v) is 8.34. The van der Waals surface area contributed by atoms with Crippen LogP contribution in [0.4, 0.5) is 13.2 Å². The molecule has 7 heteroatoms. The largest absolute Gasteiger partial charge is 0.416 e. The Morgan fingerprint density at radius 1 is 1.21 bits per heavy atom. The maximum Gasteiger partial charge on any atom is 0.416 e. The van der Waals surface area contributed by atoms with Crippen LogP contribution in [-0.4, -0.2) is 18.5 Å². The van der Waals surface area contributed by atoms with E-state index in [1.807, 2.05) is 0 Å². The van der Waals surface area contributed by atoms with E-state index >= 15 is 0 Å².